The molecule has 1 aromatic heterocycles. The minimum absolute atomic E-state index is 1.06. The highest BCUT2D eigenvalue weighted by atomic mass is 32.1. The summed E-state index contributed by atoms with van der Waals surface area (Å²) in [6.45, 7) is 2.17. The third-order valence-electron chi connectivity index (χ3n) is 3.12. The lowest BCUT2D eigenvalue weighted by atomic mass is 10.1. The van der Waals surface area contributed by atoms with Gasteiger partial charge >= 0.3 is 0 Å². The summed E-state index contributed by atoms with van der Waals surface area (Å²) in [5, 5.41) is 1.06. The van der Waals surface area contributed by atoms with Crippen LogP contribution in [-0.4, -0.2) is 4.98 Å². The van der Waals surface area contributed by atoms with Crippen LogP contribution in [0.25, 0.3) is 22.4 Å². The lowest BCUT2D eigenvalue weighted by molar-refractivity contribution is 1.14. The van der Waals surface area contributed by atoms with Gasteiger partial charge in [-0.05, 0) is 35.8 Å². The molecule has 0 saturated heterocycles. The van der Waals surface area contributed by atoms with E-state index in [0.29, 0.717) is 0 Å². The maximum Gasteiger partial charge on any atom is 0.117 e. The summed E-state index contributed by atoms with van der Waals surface area (Å²) >= 11 is 1.73. The van der Waals surface area contributed by atoms with Crippen molar-refractivity contribution in [3.63, 3.8) is 0 Å². The third-order valence-corrected chi connectivity index (χ3v) is 4.12. The smallest absolute Gasteiger partial charge is 0.117 e. The molecule has 94 valence electrons. The van der Waals surface area contributed by atoms with Gasteiger partial charge in [0.15, 0.2) is 0 Å². The zero-order valence-electron chi connectivity index (χ0n) is 10.8. The summed E-state index contributed by atoms with van der Waals surface area (Å²) in [5.74, 6) is 0. The highest BCUT2D eigenvalue weighted by molar-refractivity contribution is 7.19. The minimum atomic E-state index is 1.06. The second-order valence-corrected chi connectivity index (χ2v) is 5.51. The molecule has 2 heteroatoms. The molecule has 0 atom stereocenters. The van der Waals surface area contributed by atoms with Gasteiger partial charge in [-0.2, -0.15) is 0 Å². The van der Waals surface area contributed by atoms with Crippen LogP contribution >= 0.6 is 11.3 Å². The predicted octanol–water partition coefficient (Wildman–Crippen LogP) is 5.03. The van der Waals surface area contributed by atoms with Gasteiger partial charge in [0.1, 0.15) is 5.01 Å². The molecule has 0 radical (unpaired) electrons. The van der Waals surface area contributed by atoms with Crippen LogP contribution in [0.2, 0.25) is 0 Å². The van der Waals surface area contributed by atoms with Crippen LogP contribution in [-0.2, 0) is 6.42 Å². The van der Waals surface area contributed by atoms with Crippen molar-refractivity contribution in [1.82, 2.24) is 4.98 Å². The van der Waals surface area contributed by atoms with Crippen molar-refractivity contribution in [2.24, 2.45) is 0 Å². The van der Waals surface area contributed by atoms with Gasteiger partial charge in [-0.15, -0.1) is 11.3 Å². The molecule has 0 N–H and O–H groups in total. The first kappa shape index (κ1) is 12.1. The second kappa shape index (κ2) is 5.37. The molecule has 0 amide bonds. The topological polar surface area (TPSA) is 12.9 Å². The normalized spacial score (nSPS) is 11.4. The lowest BCUT2D eigenvalue weighted by Crippen LogP contribution is -1.79. The Morgan fingerprint density at radius 3 is 2.53 bits per heavy atom. The summed E-state index contributed by atoms with van der Waals surface area (Å²) in [6, 6.07) is 16.9. The highest BCUT2D eigenvalue weighted by Gasteiger charge is 1.99. The number of benzene rings is 2. The van der Waals surface area contributed by atoms with E-state index in [0.717, 1.165) is 16.9 Å². The first-order chi connectivity index (χ1) is 9.35. The zero-order valence-corrected chi connectivity index (χ0v) is 11.7. The Labute approximate surface area is 117 Å². The summed E-state index contributed by atoms with van der Waals surface area (Å²) in [7, 11) is 0. The Morgan fingerprint density at radius 2 is 1.79 bits per heavy atom. The van der Waals surface area contributed by atoms with Crippen molar-refractivity contribution in [2.75, 3.05) is 0 Å². The van der Waals surface area contributed by atoms with E-state index in [1.165, 1.54) is 15.8 Å². The monoisotopic (exact) mass is 265 g/mol. The summed E-state index contributed by atoms with van der Waals surface area (Å²) in [4.78, 5) is 4.59. The quantitative estimate of drug-likeness (QED) is 0.647. The third kappa shape index (κ3) is 2.74. The van der Waals surface area contributed by atoms with Crippen molar-refractivity contribution in [3.8, 4) is 0 Å². The number of nitrogens with zero attached hydrogens (tertiary/aromatic N) is 1. The van der Waals surface area contributed by atoms with Crippen LogP contribution in [0.4, 0.5) is 0 Å². The highest BCUT2D eigenvalue weighted by Crippen LogP contribution is 2.23. The number of aromatic nitrogens is 1. The Hall–Kier alpha value is -1.93. The second-order valence-electron chi connectivity index (χ2n) is 4.45. The number of rotatable bonds is 3. The Morgan fingerprint density at radius 1 is 1.00 bits per heavy atom. The van der Waals surface area contributed by atoms with Gasteiger partial charge in [-0.3, -0.25) is 0 Å². The standard InChI is InChI=1S/C17H15NS/c1-2-13-7-9-14(10-8-13)11-12-17-18-15-5-3-4-6-16(15)19-17/h3-12H,2H2,1H3/b12-11+. The molecular weight excluding hydrogens is 250 g/mol. The maximum atomic E-state index is 4.59. The average Bonchev–Trinajstić information content (AvgIpc) is 2.88. The van der Waals surface area contributed by atoms with Gasteiger partial charge < -0.3 is 0 Å². The van der Waals surface area contributed by atoms with Crippen LogP contribution in [0.3, 0.4) is 0 Å². The van der Waals surface area contributed by atoms with Gasteiger partial charge in [-0.1, -0.05) is 49.4 Å². The van der Waals surface area contributed by atoms with E-state index in [1.54, 1.807) is 11.3 Å². The van der Waals surface area contributed by atoms with Crippen molar-refractivity contribution in [2.45, 2.75) is 13.3 Å². The van der Waals surface area contributed by atoms with Crippen molar-refractivity contribution in [1.29, 1.82) is 0 Å². The first-order valence-corrected chi connectivity index (χ1v) is 7.29. The molecule has 0 spiro atoms. The molecule has 0 aliphatic rings. The average molecular weight is 265 g/mol. The van der Waals surface area contributed by atoms with Crippen molar-refractivity contribution < 1.29 is 0 Å². The van der Waals surface area contributed by atoms with E-state index in [-0.39, 0.29) is 0 Å². The number of aryl methyl sites for hydroxylation is 1. The Balaban J connectivity index is 1.84. The van der Waals surface area contributed by atoms with Crippen LogP contribution < -0.4 is 0 Å². The Kier molecular flexibility index (Phi) is 3.43. The predicted molar refractivity (Wildman–Crippen MR) is 84.4 cm³/mol. The van der Waals surface area contributed by atoms with Gasteiger partial charge in [0.25, 0.3) is 0 Å². The van der Waals surface area contributed by atoms with E-state index in [4.69, 9.17) is 0 Å². The number of thiazole rings is 1. The molecule has 3 aromatic rings. The molecule has 1 nitrogen and oxygen atoms in total. The molecule has 3 rings (SSSR count). The van der Waals surface area contributed by atoms with E-state index in [1.807, 2.05) is 6.07 Å². The number of para-hydroxylation sites is 1. The maximum absolute atomic E-state index is 4.59. The van der Waals surface area contributed by atoms with Crippen LogP contribution in [0.1, 0.15) is 23.1 Å². The molecule has 1 heterocycles. The largest absolute Gasteiger partial charge is 0.237 e. The molecule has 0 fully saturated rings. The number of hydrogen-bond donors (Lipinski definition) is 0. The van der Waals surface area contributed by atoms with E-state index < -0.39 is 0 Å². The fourth-order valence-electron chi connectivity index (χ4n) is 1.99. The van der Waals surface area contributed by atoms with Crippen molar-refractivity contribution >= 4 is 33.7 Å². The van der Waals surface area contributed by atoms with E-state index in [2.05, 4.69) is 66.5 Å². The molecule has 0 saturated carbocycles. The summed E-state index contributed by atoms with van der Waals surface area (Å²) in [5.41, 5.74) is 3.67. The van der Waals surface area contributed by atoms with Gasteiger partial charge in [0, 0.05) is 0 Å². The fraction of sp³-hybridized carbons (Fsp3) is 0.118. The molecular formula is C17H15NS. The fourth-order valence-corrected chi connectivity index (χ4v) is 2.86. The number of fused-ring (bicyclic) bond motifs is 1. The van der Waals surface area contributed by atoms with Gasteiger partial charge in [-0.25, -0.2) is 4.98 Å². The minimum Gasteiger partial charge on any atom is -0.237 e. The zero-order chi connectivity index (χ0) is 13.1. The van der Waals surface area contributed by atoms with E-state index >= 15 is 0 Å². The number of hydrogen-bond acceptors (Lipinski definition) is 2. The molecule has 0 unspecified atom stereocenters. The first-order valence-electron chi connectivity index (χ1n) is 6.48. The molecule has 2 aromatic carbocycles. The summed E-state index contributed by atoms with van der Waals surface area (Å²) < 4.78 is 1.24. The van der Waals surface area contributed by atoms with Crippen LogP contribution in [0, 0.1) is 0 Å². The summed E-state index contributed by atoms with van der Waals surface area (Å²) in [6.07, 6.45) is 5.30. The molecule has 0 aliphatic heterocycles. The molecule has 0 bridgehead atoms. The van der Waals surface area contributed by atoms with Crippen LogP contribution in [0.5, 0.6) is 0 Å². The van der Waals surface area contributed by atoms with Gasteiger partial charge in [0.05, 0.1) is 10.2 Å². The Bertz CT molecular complexity index is 674. The van der Waals surface area contributed by atoms with Gasteiger partial charge in [0.2, 0.25) is 0 Å². The lowest BCUT2D eigenvalue weighted by Gasteiger charge is -1.96. The van der Waals surface area contributed by atoms with Crippen molar-refractivity contribution in [3.05, 3.63) is 64.7 Å². The SMILES string of the molecule is CCc1ccc(/C=C/c2nc3ccccc3s2)cc1. The molecule has 19 heavy (non-hydrogen) atoms. The van der Waals surface area contributed by atoms with E-state index in [9.17, 15) is 0 Å². The van der Waals surface area contributed by atoms with Crippen LogP contribution in [0.15, 0.2) is 48.5 Å². The molecule has 0 aliphatic carbocycles.